The first kappa shape index (κ1) is 15.3. The molecule has 1 aliphatic heterocycles. The minimum absolute atomic E-state index is 0.256. The van der Waals surface area contributed by atoms with Crippen molar-refractivity contribution in [3.05, 3.63) is 0 Å². The molecule has 1 heterocycles. The van der Waals surface area contributed by atoms with Gasteiger partial charge in [0.05, 0.1) is 6.10 Å². The van der Waals surface area contributed by atoms with Gasteiger partial charge >= 0.3 is 0 Å². The number of hydrogen-bond acceptors (Lipinski definition) is 3. The second-order valence-electron chi connectivity index (χ2n) is 6.37. The quantitative estimate of drug-likeness (QED) is 0.779. The van der Waals surface area contributed by atoms with Crippen LogP contribution in [0, 0.1) is 0 Å². The molecule has 3 nitrogen and oxygen atoms in total. The fourth-order valence-electron chi connectivity index (χ4n) is 3.89. The summed E-state index contributed by atoms with van der Waals surface area (Å²) < 4.78 is 5.94. The Kier molecular flexibility index (Phi) is 6.11. The lowest BCUT2D eigenvalue weighted by Gasteiger charge is -2.44. The van der Waals surface area contributed by atoms with Crippen molar-refractivity contribution in [2.75, 3.05) is 26.2 Å². The lowest BCUT2D eigenvalue weighted by atomic mass is 9.87. The molecule has 1 saturated carbocycles. The average molecular weight is 268 g/mol. The lowest BCUT2D eigenvalue weighted by Crippen LogP contribution is -2.56. The van der Waals surface area contributed by atoms with Crippen LogP contribution in [0.25, 0.3) is 0 Å². The van der Waals surface area contributed by atoms with E-state index in [0.717, 1.165) is 26.2 Å². The lowest BCUT2D eigenvalue weighted by molar-refractivity contribution is -0.0328. The summed E-state index contributed by atoms with van der Waals surface area (Å²) in [6, 6.07) is 0. The van der Waals surface area contributed by atoms with Crippen molar-refractivity contribution in [1.82, 2.24) is 4.90 Å². The number of nitrogens with zero attached hydrogens (tertiary/aromatic N) is 1. The zero-order valence-corrected chi connectivity index (χ0v) is 12.7. The third-order valence-electron chi connectivity index (χ3n) is 5.16. The van der Waals surface area contributed by atoms with Crippen molar-refractivity contribution in [2.45, 2.75) is 76.4 Å². The Morgan fingerprint density at radius 1 is 1.11 bits per heavy atom. The van der Waals surface area contributed by atoms with Crippen LogP contribution < -0.4 is 5.73 Å². The molecule has 0 bridgehead atoms. The smallest absolute Gasteiger partial charge is 0.0702 e. The van der Waals surface area contributed by atoms with Crippen LogP contribution in [0.3, 0.4) is 0 Å². The van der Waals surface area contributed by atoms with Crippen LogP contribution in [0.1, 0.15) is 64.7 Å². The van der Waals surface area contributed by atoms with Gasteiger partial charge in [-0.1, -0.05) is 32.6 Å². The van der Waals surface area contributed by atoms with Crippen LogP contribution in [-0.2, 0) is 4.74 Å². The molecule has 112 valence electrons. The van der Waals surface area contributed by atoms with Crippen molar-refractivity contribution < 1.29 is 4.74 Å². The maximum Gasteiger partial charge on any atom is 0.0702 e. The van der Waals surface area contributed by atoms with E-state index in [0.29, 0.717) is 6.10 Å². The maximum atomic E-state index is 6.21. The van der Waals surface area contributed by atoms with E-state index < -0.39 is 0 Å². The summed E-state index contributed by atoms with van der Waals surface area (Å²) in [6.45, 7) is 6.25. The van der Waals surface area contributed by atoms with Crippen molar-refractivity contribution in [3.8, 4) is 0 Å². The Labute approximate surface area is 118 Å². The second kappa shape index (κ2) is 7.61. The summed E-state index contributed by atoms with van der Waals surface area (Å²) in [4.78, 5) is 2.65. The minimum Gasteiger partial charge on any atom is -0.377 e. The highest BCUT2D eigenvalue weighted by atomic mass is 16.5. The summed E-state index contributed by atoms with van der Waals surface area (Å²) in [5.41, 5.74) is 6.46. The summed E-state index contributed by atoms with van der Waals surface area (Å²) in [6.07, 6.45) is 12.3. The van der Waals surface area contributed by atoms with Gasteiger partial charge in [0.1, 0.15) is 0 Å². The Morgan fingerprint density at radius 2 is 1.84 bits per heavy atom. The van der Waals surface area contributed by atoms with Gasteiger partial charge in [-0.25, -0.2) is 0 Å². The molecule has 3 heteroatoms. The Hall–Kier alpha value is -0.120. The molecule has 1 atom stereocenters. The van der Waals surface area contributed by atoms with Gasteiger partial charge in [0.15, 0.2) is 0 Å². The first-order chi connectivity index (χ1) is 9.30. The van der Waals surface area contributed by atoms with Crippen molar-refractivity contribution in [3.63, 3.8) is 0 Å². The fraction of sp³-hybridized carbons (Fsp3) is 1.00. The summed E-state index contributed by atoms with van der Waals surface area (Å²) in [5.74, 6) is 0. The second-order valence-corrected chi connectivity index (χ2v) is 6.37. The van der Waals surface area contributed by atoms with Crippen LogP contribution >= 0.6 is 0 Å². The Morgan fingerprint density at radius 3 is 2.37 bits per heavy atom. The van der Waals surface area contributed by atoms with E-state index >= 15 is 0 Å². The van der Waals surface area contributed by atoms with Crippen LogP contribution in [0.4, 0.5) is 0 Å². The molecule has 0 amide bonds. The van der Waals surface area contributed by atoms with Gasteiger partial charge in [0.2, 0.25) is 0 Å². The van der Waals surface area contributed by atoms with Gasteiger partial charge in [0, 0.05) is 25.2 Å². The van der Waals surface area contributed by atoms with Crippen LogP contribution in [-0.4, -0.2) is 42.8 Å². The summed E-state index contributed by atoms with van der Waals surface area (Å²) in [7, 11) is 0. The molecule has 0 aromatic rings. The molecule has 1 aliphatic carbocycles. The topological polar surface area (TPSA) is 38.5 Å². The monoisotopic (exact) mass is 268 g/mol. The SMILES string of the molecule is CCN(CC1CCCCO1)C1(CN)CCCCCC1. The summed E-state index contributed by atoms with van der Waals surface area (Å²) in [5, 5.41) is 0. The van der Waals surface area contributed by atoms with Gasteiger partial charge in [0.25, 0.3) is 0 Å². The van der Waals surface area contributed by atoms with Crippen LogP contribution in [0.15, 0.2) is 0 Å². The largest absolute Gasteiger partial charge is 0.377 e. The predicted octanol–water partition coefficient (Wildman–Crippen LogP) is 2.93. The van der Waals surface area contributed by atoms with Crippen LogP contribution in [0.5, 0.6) is 0 Å². The zero-order chi connectivity index (χ0) is 13.6. The molecular formula is C16H32N2O. The molecule has 0 spiro atoms. The van der Waals surface area contributed by atoms with Crippen molar-refractivity contribution in [2.24, 2.45) is 5.73 Å². The van der Waals surface area contributed by atoms with Gasteiger partial charge in [-0.2, -0.15) is 0 Å². The molecular weight excluding hydrogens is 236 g/mol. The van der Waals surface area contributed by atoms with E-state index in [4.69, 9.17) is 10.5 Å². The normalized spacial score (nSPS) is 28.3. The standard InChI is InChI=1S/C16H32N2O/c1-2-18(13-15-9-5-8-12-19-15)16(14-17)10-6-3-4-7-11-16/h15H,2-14,17H2,1H3. The molecule has 1 saturated heterocycles. The molecule has 2 N–H and O–H groups in total. The molecule has 1 unspecified atom stereocenters. The maximum absolute atomic E-state index is 6.21. The van der Waals surface area contributed by atoms with Crippen molar-refractivity contribution in [1.29, 1.82) is 0 Å². The van der Waals surface area contributed by atoms with E-state index in [-0.39, 0.29) is 5.54 Å². The highest BCUT2D eigenvalue weighted by molar-refractivity contribution is 4.94. The Bertz CT molecular complexity index is 243. The van der Waals surface area contributed by atoms with Gasteiger partial charge in [-0.3, -0.25) is 4.90 Å². The van der Waals surface area contributed by atoms with E-state index in [1.165, 1.54) is 57.8 Å². The summed E-state index contributed by atoms with van der Waals surface area (Å²) >= 11 is 0. The first-order valence-electron chi connectivity index (χ1n) is 8.37. The van der Waals surface area contributed by atoms with E-state index in [1.54, 1.807) is 0 Å². The molecule has 19 heavy (non-hydrogen) atoms. The number of rotatable bonds is 5. The Balaban J connectivity index is 1.99. The third kappa shape index (κ3) is 3.93. The highest BCUT2D eigenvalue weighted by Gasteiger charge is 2.36. The van der Waals surface area contributed by atoms with E-state index in [1.807, 2.05) is 0 Å². The molecule has 2 aliphatic rings. The number of ether oxygens (including phenoxy) is 1. The molecule has 0 aromatic heterocycles. The first-order valence-corrected chi connectivity index (χ1v) is 8.37. The van der Waals surface area contributed by atoms with Gasteiger partial charge in [-0.05, 0) is 38.6 Å². The van der Waals surface area contributed by atoms with Crippen molar-refractivity contribution >= 4 is 0 Å². The minimum atomic E-state index is 0.256. The third-order valence-corrected chi connectivity index (χ3v) is 5.16. The number of hydrogen-bond donors (Lipinski definition) is 1. The van der Waals surface area contributed by atoms with Gasteiger partial charge in [-0.15, -0.1) is 0 Å². The molecule has 0 radical (unpaired) electrons. The number of likely N-dealkylation sites (N-methyl/N-ethyl adjacent to an activating group) is 1. The zero-order valence-electron chi connectivity index (χ0n) is 12.7. The van der Waals surface area contributed by atoms with Crippen LogP contribution in [0.2, 0.25) is 0 Å². The average Bonchev–Trinajstić information content (AvgIpc) is 2.72. The highest BCUT2D eigenvalue weighted by Crippen LogP contribution is 2.32. The van der Waals surface area contributed by atoms with E-state index in [9.17, 15) is 0 Å². The fourth-order valence-corrected chi connectivity index (χ4v) is 3.89. The van der Waals surface area contributed by atoms with E-state index in [2.05, 4.69) is 11.8 Å². The number of nitrogens with two attached hydrogens (primary N) is 1. The molecule has 2 rings (SSSR count). The molecule has 0 aromatic carbocycles. The molecule has 2 fully saturated rings. The van der Waals surface area contributed by atoms with Gasteiger partial charge < -0.3 is 10.5 Å². The predicted molar refractivity (Wildman–Crippen MR) is 80.3 cm³/mol.